The van der Waals surface area contributed by atoms with Gasteiger partial charge in [-0.1, -0.05) is 18.2 Å². The Balaban J connectivity index is 2.74. The first-order valence-electron chi connectivity index (χ1n) is 4.67. The van der Waals surface area contributed by atoms with Crippen molar-refractivity contribution < 1.29 is 19.2 Å². The van der Waals surface area contributed by atoms with Crippen LogP contribution in [0.3, 0.4) is 0 Å². The van der Waals surface area contributed by atoms with E-state index in [0.717, 1.165) is 5.06 Å². The Morgan fingerprint density at radius 1 is 1.19 bits per heavy atom. The van der Waals surface area contributed by atoms with E-state index in [-0.39, 0.29) is 12.5 Å². The predicted octanol–water partition coefficient (Wildman–Crippen LogP) is 0.863. The number of ether oxygens (including phenoxy) is 1. The van der Waals surface area contributed by atoms with Gasteiger partial charge in [-0.25, -0.2) is 5.06 Å². The molecule has 0 aliphatic heterocycles. The lowest BCUT2D eigenvalue weighted by Crippen LogP contribution is -2.35. The quantitative estimate of drug-likeness (QED) is 0.561. The van der Waals surface area contributed by atoms with Crippen LogP contribution in [-0.2, 0) is 14.4 Å². The Kier molecular flexibility index (Phi) is 4.47. The zero-order valence-corrected chi connectivity index (χ0v) is 9.17. The molecule has 1 aromatic rings. The van der Waals surface area contributed by atoms with E-state index >= 15 is 0 Å². The van der Waals surface area contributed by atoms with Crippen LogP contribution in [0, 0.1) is 0 Å². The largest absolute Gasteiger partial charge is 0.468 e. The maximum absolute atomic E-state index is 11.8. The monoisotopic (exact) mass is 223 g/mol. The number of methoxy groups -OCH3 is 1. The number of hydrogen-bond donors (Lipinski definition) is 0. The molecule has 0 aliphatic rings. The number of nitrogens with zero attached hydrogens (tertiary/aromatic N) is 1. The Morgan fingerprint density at radius 3 is 2.31 bits per heavy atom. The van der Waals surface area contributed by atoms with Crippen LogP contribution in [0.25, 0.3) is 0 Å². The molecule has 0 atom stereocenters. The second kappa shape index (κ2) is 5.87. The summed E-state index contributed by atoms with van der Waals surface area (Å²) < 4.78 is 4.46. The molecule has 1 amide bonds. The van der Waals surface area contributed by atoms with E-state index in [4.69, 9.17) is 4.84 Å². The smallest absolute Gasteiger partial charge is 0.328 e. The van der Waals surface area contributed by atoms with Gasteiger partial charge < -0.3 is 4.74 Å². The van der Waals surface area contributed by atoms with Gasteiger partial charge in [0.05, 0.1) is 14.2 Å². The van der Waals surface area contributed by atoms with Crippen LogP contribution in [0.5, 0.6) is 0 Å². The highest BCUT2D eigenvalue weighted by Crippen LogP contribution is 2.04. The van der Waals surface area contributed by atoms with Crippen LogP contribution < -0.4 is 0 Å². The molecule has 5 heteroatoms. The minimum absolute atomic E-state index is 0.235. The topological polar surface area (TPSA) is 55.8 Å². The van der Waals surface area contributed by atoms with Crippen LogP contribution in [-0.4, -0.2) is 37.7 Å². The summed E-state index contributed by atoms with van der Waals surface area (Å²) in [6.45, 7) is -0.235. The van der Waals surface area contributed by atoms with Crippen LogP contribution in [0.2, 0.25) is 0 Å². The van der Waals surface area contributed by atoms with Crippen molar-refractivity contribution in [3.63, 3.8) is 0 Å². The Morgan fingerprint density at radius 2 is 1.81 bits per heavy atom. The van der Waals surface area contributed by atoms with Gasteiger partial charge in [0.25, 0.3) is 5.91 Å². The summed E-state index contributed by atoms with van der Waals surface area (Å²) in [5, 5.41) is 0.946. The predicted molar refractivity (Wildman–Crippen MR) is 56.5 cm³/mol. The lowest BCUT2D eigenvalue weighted by Gasteiger charge is -2.17. The van der Waals surface area contributed by atoms with Crippen molar-refractivity contribution in [3.8, 4) is 0 Å². The first kappa shape index (κ1) is 12.2. The van der Waals surface area contributed by atoms with Crippen molar-refractivity contribution in [1.82, 2.24) is 5.06 Å². The zero-order valence-electron chi connectivity index (χ0n) is 9.17. The van der Waals surface area contributed by atoms with Crippen molar-refractivity contribution in [2.24, 2.45) is 0 Å². The molecule has 1 rings (SSSR count). The summed E-state index contributed by atoms with van der Waals surface area (Å²) in [5.41, 5.74) is 0.452. The molecule has 0 saturated heterocycles. The summed E-state index contributed by atoms with van der Waals surface area (Å²) in [5.74, 6) is -0.917. The SMILES string of the molecule is COC(=O)CN(OC)C(=O)c1ccccc1. The zero-order chi connectivity index (χ0) is 12.0. The lowest BCUT2D eigenvalue weighted by atomic mass is 10.2. The van der Waals surface area contributed by atoms with E-state index in [9.17, 15) is 9.59 Å². The van der Waals surface area contributed by atoms with E-state index in [2.05, 4.69) is 4.74 Å². The maximum Gasteiger partial charge on any atom is 0.328 e. The maximum atomic E-state index is 11.8. The average Bonchev–Trinajstić information content (AvgIpc) is 2.35. The summed E-state index contributed by atoms with van der Waals surface area (Å²) in [6, 6.07) is 8.56. The van der Waals surface area contributed by atoms with Gasteiger partial charge in [0.2, 0.25) is 0 Å². The van der Waals surface area contributed by atoms with Crippen LogP contribution in [0.4, 0.5) is 0 Å². The van der Waals surface area contributed by atoms with Crippen molar-refractivity contribution in [1.29, 1.82) is 0 Å². The molecule has 0 fully saturated rings. The van der Waals surface area contributed by atoms with Crippen molar-refractivity contribution in [3.05, 3.63) is 35.9 Å². The van der Waals surface area contributed by atoms with Gasteiger partial charge in [-0.05, 0) is 12.1 Å². The van der Waals surface area contributed by atoms with E-state index in [1.165, 1.54) is 14.2 Å². The number of rotatable bonds is 4. The van der Waals surface area contributed by atoms with E-state index in [0.29, 0.717) is 5.56 Å². The molecule has 86 valence electrons. The number of esters is 1. The van der Waals surface area contributed by atoms with Crippen LogP contribution in [0.1, 0.15) is 10.4 Å². The summed E-state index contributed by atoms with van der Waals surface area (Å²) in [4.78, 5) is 27.7. The highest BCUT2D eigenvalue weighted by Gasteiger charge is 2.18. The highest BCUT2D eigenvalue weighted by molar-refractivity contribution is 5.95. The summed E-state index contributed by atoms with van der Waals surface area (Å²) >= 11 is 0. The Labute approximate surface area is 93.5 Å². The summed E-state index contributed by atoms with van der Waals surface area (Å²) in [6.07, 6.45) is 0. The first-order chi connectivity index (χ1) is 7.69. The van der Waals surface area contributed by atoms with Crippen molar-refractivity contribution in [2.45, 2.75) is 0 Å². The second-order valence-electron chi connectivity index (χ2n) is 2.97. The summed E-state index contributed by atoms with van der Waals surface area (Å²) in [7, 11) is 2.58. The molecule has 0 radical (unpaired) electrons. The first-order valence-corrected chi connectivity index (χ1v) is 4.67. The van der Waals surface area contributed by atoms with Crippen LogP contribution >= 0.6 is 0 Å². The number of carbonyl (C=O) groups is 2. The van der Waals surface area contributed by atoms with Gasteiger partial charge in [0.1, 0.15) is 6.54 Å². The van der Waals surface area contributed by atoms with E-state index in [1.54, 1.807) is 30.3 Å². The van der Waals surface area contributed by atoms with E-state index in [1.807, 2.05) is 0 Å². The molecular weight excluding hydrogens is 210 g/mol. The minimum Gasteiger partial charge on any atom is -0.468 e. The lowest BCUT2D eigenvalue weighted by molar-refractivity contribution is -0.154. The normalized spacial score (nSPS) is 9.62. The fourth-order valence-corrected chi connectivity index (χ4v) is 1.13. The molecule has 0 bridgehead atoms. The third-order valence-electron chi connectivity index (χ3n) is 1.97. The highest BCUT2D eigenvalue weighted by atomic mass is 16.7. The van der Waals surface area contributed by atoms with Gasteiger partial charge >= 0.3 is 5.97 Å². The molecular formula is C11H13NO4. The number of benzene rings is 1. The van der Waals surface area contributed by atoms with Crippen molar-refractivity contribution >= 4 is 11.9 Å². The average molecular weight is 223 g/mol. The van der Waals surface area contributed by atoms with Gasteiger partial charge in [-0.2, -0.15) is 0 Å². The molecule has 0 N–H and O–H groups in total. The van der Waals surface area contributed by atoms with Gasteiger partial charge in [0.15, 0.2) is 0 Å². The number of hydrogen-bond acceptors (Lipinski definition) is 4. The molecule has 16 heavy (non-hydrogen) atoms. The molecule has 0 aromatic heterocycles. The third-order valence-corrected chi connectivity index (χ3v) is 1.97. The number of carbonyl (C=O) groups excluding carboxylic acids is 2. The fraction of sp³-hybridized carbons (Fsp3) is 0.273. The molecule has 0 heterocycles. The number of amides is 1. The van der Waals surface area contributed by atoms with Crippen molar-refractivity contribution in [2.75, 3.05) is 20.8 Å². The molecule has 1 aromatic carbocycles. The minimum atomic E-state index is -0.536. The molecule has 0 spiro atoms. The Bertz CT molecular complexity index is 364. The van der Waals surface area contributed by atoms with Gasteiger partial charge in [-0.15, -0.1) is 0 Å². The molecule has 0 saturated carbocycles. The fourth-order valence-electron chi connectivity index (χ4n) is 1.13. The number of hydroxylamine groups is 2. The van der Waals surface area contributed by atoms with Gasteiger partial charge in [-0.3, -0.25) is 14.4 Å². The third kappa shape index (κ3) is 3.06. The van der Waals surface area contributed by atoms with Gasteiger partial charge in [0, 0.05) is 5.56 Å². The molecule has 5 nitrogen and oxygen atoms in total. The second-order valence-corrected chi connectivity index (χ2v) is 2.97. The van der Waals surface area contributed by atoms with Crippen LogP contribution in [0.15, 0.2) is 30.3 Å². The molecule has 0 unspecified atom stereocenters. The molecule has 0 aliphatic carbocycles. The van der Waals surface area contributed by atoms with E-state index < -0.39 is 5.97 Å². The Hall–Kier alpha value is -1.88. The standard InChI is InChI=1S/C11H13NO4/c1-15-10(13)8-12(16-2)11(14)9-6-4-3-5-7-9/h3-7H,8H2,1-2H3.